The van der Waals surface area contributed by atoms with Crippen molar-refractivity contribution in [3.8, 4) is 5.75 Å². The fourth-order valence-corrected chi connectivity index (χ4v) is 3.16. The largest absolute Gasteiger partial charge is 0.375 e. The van der Waals surface area contributed by atoms with E-state index in [-0.39, 0.29) is 5.82 Å². The standard InChI is InChI=1S/C18H16FNO/c19-13-9-11-14(12-10-13)21-20-17-7-3-1-5-15(17)16-6-2-4-8-18(16)20/h1,3,5,7,9-12H,2,4,6,8H2. The van der Waals surface area contributed by atoms with Gasteiger partial charge in [-0.1, -0.05) is 18.2 Å². The molecule has 0 amide bonds. The van der Waals surface area contributed by atoms with Crippen LogP contribution >= 0.6 is 0 Å². The van der Waals surface area contributed by atoms with Gasteiger partial charge in [-0.25, -0.2) is 4.39 Å². The van der Waals surface area contributed by atoms with Gasteiger partial charge in [0.1, 0.15) is 5.82 Å². The van der Waals surface area contributed by atoms with E-state index in [9.17, 15) is 4.39 Å². The van der Waals surface area contributed by atoms with Gasteiger partial charge >= 0.3 is 0 Å². The second-order valence-corrected chi connectivity index (χ2v) is 5.49. The van der Waals surface area contributed by atoms with Gasteiger partial charge in [-0.2, -0.15) is 4.73 Å². The minimum Gasteiger partial charge on any atom is -0.375 e. The third-order valence-electron chi connectivity index (χ3n) is 4.14. The van der Waals surface area contributed by atoms with Crippen LogP contribution in [0, 0.1) is 5.82 Å². The zero-order valence-electron chi connectivity index (χ0n) is 11.7. The first kappa shape index (κ1) is 12.5. The first-order chi connectivity index (χ1) is 10.3. The Kier molecular flexibility index (Phi) is 2.92. The molecule has 0 spiro atoms. The minimum atomic E-state index is -0.248. The van der Waals surface area contributed by atoms with Crippen LogP contribution in [-0.4, -0.2) is 4.73 Å². The van der Waals surface area contributed by atoms with Crippen molar-refractivity contribution in [1.29, 1.82) is 0 Å². The lowest BCUT2D eigenvalue weighted by molar-refractivity contribution is 0.217. The van der Waals surface area contributed by atoms with E-state index in [0.717, 1.165) is 18.4 Å². The molecule has 0 bridgehead atoms. The number of benzene rings is 2. The third-order valence-corrected chi connectivity index (χ3v) is 4.14. The second kappa shape index (κ2) is 4.92. The summed E-state index contributed by atoms with van der Waals surface area (Å²) in [6.07, 6.45) is 4.56. The molecule has 0 fully saturated rings. The Morgan fingerprint density at radius 3 is 2.52 bits per heavy atom. The summed E-state index contributed by atoms with van der Waals surface area (Å²) >= 11 is 0. The molecular weight excluding hydrogens is 265 g/mol. The average Bonchev–Trinajstić information content (AvgIpc) is 2.85. The molecule has 0 unspecified atom stereocenters. The molecule has 3 aromatic rings. The molecule has 1 aromatic heterocycles. The lowest BCUT2D eigenvalue weighted by Crippen LogP contribution is -2.12. The lowest BCUT2D eigenvalue weighted by Gasteiger charge is -2.16. The van der Waals surface area contributed by atoms with E-state index in [4.69, 9.17) is 4.84 Å². The minimum absolute atomic E-state index is 0.248. The number of aromatic nitrogens is 1. The first-order valence-electron chi connectivity index (χ1n) is 7.38. The summed E-state index contributed by atoms with van der Waals surface area (Å²) < 4.78 is 15.0. The van der Waals surface area contributed by atoms with Gasteiger partial charge in [0.15, 0.2) is 5.75 Å². The van der Waals surface area contributed by atoms with Crippen LogP contribution in [0.4, 0.5) is 4.39 Å². The maximum atomic E-state index is 13.0. The summed E-state index contributed by atoms with van der Waals surface area (Å²) in [6.45, 7) is 0. The molecule has 0 aliphatic heterocycles. The number of hydrogen-bond acceptors (Lipinski definition) is 1. The van der Waals surface area contributed by atoms with E-state index in [1.807, 2.05) is 10.8 Å². The van der Waals surface area contributed by atoms with Crippen molar-refractivity contribution in [3.05, 3.63) is 65.6 Å². The smallest absolute Gasteiger partial charge is 0.156 e. The van der Waals surface area contributed by atoms with Crippen molar-refractivity contribution in [2.24, 2.45) is 0 Å². The SMILES string of the molecule is Fc1ccc(On2c3c(c4ccccc42)CCCC3)cc1. The van der Waals surface area contributed by atoms with Gasteiger partial charge in [0.25, 0.3) is 0 Å². The lowest BCUT2D eigenvalue weighted by atomic mass is 9.96. The van der Waals surface area contributed by atoms with Gasteiger partial charge < -0.3 is 4.84 Å². The van der Waals surface area contributed by atoms with Crippen molar-refractivity contribution in [2.75, 3.05) is 0 Å². The summed E-state index contributed by atoms with van der Waals surface area (Å²) in [5, 5.41) is 1.27. The average molecular weight is 281 g/mol. The van der Waals surface area contributed by atoms with Crippen molar-refractivity contribution >= 4 is 10.9 Å². The molecule has 1 heterocycles. The van der Waals surface area contributed by atoms with Crippen LogP contribution in [0.1, 0.15) is 24.1 Å². The predicted octanol–water partition coefficient (Wildman–Crippen LogP) is 4.50. The fraction of sp³-hybridized carbons (Fsp3) is 0.222. The number of halogens is 1. The number of nitrogens with zero attached hydrogens (tertiary/aromatic N) is 1. The molecule has 0 saturated carbocycles. The molecule has 1 aliphatic rings. The van der Waals surface area contributed by atoms with E-state index in [2.05, 4.69) is 18.2 Å². The van der Waals surface area contributed by atoms with Crippen LogP contribution in [0.3, 0.4) is 0 Å². The quantitative estimate of drug-likeness (QED) is 0.674. The molecule has 106 valence electrons. The Morgan fingerprint density at radius 1 is 0.905 bits per heavy atom. The van der Waals surface area contributed by atoms with E-state index < -0.39 is 0 Å². The predicted molar refractivity (Wildman–Crippen MR) is 81.0 cm³/mol. The van der Waals surface area contributed by atoms with Crippen LogP contribution in [0.5, 0.6) is 5.75 Å². The molecule has 3 heteroatoms. The molecule has 21 heavy (non-hydrogen) atoms. The van der Waals surface area contributed by atoms with Crippen LogP contribution in [-0.2, 0) is 12.8 Å². The number of hydrogen-bond donors (Lipinski definition) is 0. The van der Waals surface area contributed by atoms with Crippen molar-refractivity contribution in [3.63, 3.8) is 0 Å². The Labute approximate surface area is 122 Å². The molecule has 4 rings (SSSR count). The van der Waals surface area contributed by atoms with Gasteiger partial charge in [0, 0.05) is 5.39 Å². The van der Waals surface area contributed by atoms with E-state index in [1.54, 1.807) is 12.1 Å². The molecule has 0 atom stereocenters. The Hall–Kier alpha value is -2.29. The molecule has 0 saturated heterocycles. The van der Waals surface area contributed by atoms with Crippen molar-refractivity contribution in [2.45, 2.75) is 25.7 Å². The number of para-hydroxylation sites is 1. The highest BCUT2D eigenvalue weighted by atomic mass is 19.1. The number of rotatable bonds is 2. The van der Waals surface area contributed by atoms with Gasteiger partial charge in [-0.05, 0) is 61.6 Å². The van der Waals surface area contributed by atoms with E-state index >= 15 is 0 Å². The summed E-state index contributed by atoms with van der Waals surface area (Å²) in [5.74, 6) is 0.410. The Morgan fingerprint density at radius 2 is 1.67 bits per heavy atom. The molecule has 0 N–H and O–H groups in total. The second-order valence-electron chi connectivity index (χ2n) is 5.49. The van der Waals surface area contributed by atoms with Gasteiger partial charge in [-0.15, -0.1) is 0 Å². The van der Waals surface area contributed by atoms with Gasteiger partial charge in [0.2, 0.25) is 0 Å². The first-order valence-corrected chi connectivity index (χ1v) is 7.38. The van der Waals surface area contributed by atoms with Crippen LogP contribution < -0.4 is 4.84 Å². The topological polar surface area (TPSA) is 14.2 Å². The van der Waals surface area contributed by atoms with Crippen molar-refractivity contribution < 1.29 is 9.23 Å². The fourth-order valence-electron chi connectivity index (χ4n) is 3.16. The third kappa shape index (κ3) is 2.09. The monoisotopic (exact) mass is 281 g/mol. The highest BCUT2D eigenvalue weighted by Gasteiger charge is 2.20. The zero-order valence-corrected chi connectivity index (χ0v) is 11.7. The molecule has 1 aliphatic carbocycles. The Balaban J connectivity index is 1.85. The highest BCUT2D eigenvalue weighted by Crippen LogP contribution is 2.32. The van der Waals surface area contributed by atoms with Gasteiger partial charge in [0.05, 0.1) is 11.2 Å². The normalized spacial score (nSPS) is 14.1. The van der Waals surface area contributed by atoms with Gasteiger partial charge in [-0.3, -0.25) is 0 Å². The van der Waals surface area contributed by atoms with Crippen molar-refractivity contribution in [1.82, 2.24) is 4.73 Å². The highest BCUT2D eigenvalue weighted by molar-refractivity contribution is 5.85. The maximum absolute atomic E-state index is 13.0. The van der Waals surface area contributed by atoms with Crippen LogP contribution in [0.2, 0.25) is 0 Å². The van der Waals surface area contributed by atoms with E-state index in [1.165, 1.54) is 41.6 Å². The molecule has 2 aromatic carbocycles. The zero-order chi connectivity index (χ0) is 14.2. The van der Waals surface area contributed by atoms with E-state index in [0.29, 0.717) is 5.75 Å². The molecule has 0 radical (unpaired) electrons. The Bertz CT molecular complexity index is 789. The molecular formula is C18H16FNO. The van der Waals surface area contributed by atoms with Crippen LogP contribution in [0.15, 0.2) is 48.5 Å². The number of fused-ring (bicyclic) bond motifs is 3. The summed E-state index contributed by atoms with van der Waals surface area (Å²) in [5.41, 5.74) is 3.75. The molecule has 2 nitrogen and oxygen atoms in total. The summed E-state index contributed by atoms with van der Waals surface area (Å²) in [6, 6.07) is 14.5. The van der Waals surface area contributed by atoms with Crippen LogP contribution in [0.25, 0.3) is 10.9 Å². The summed E-state index contributed by atoms with van der Waals surface area (Å²) in [4.78, 5) is 6.04. The number of aryl methyl sites for hydroxylation is 1. The summed E-state index contributed by atoms with van der Waals surface area (Å²) in [7, 11) is 0. The maximum Gasteiger partial charge on any atom is 0.156 e.